The Balaban J connectivity index is 1.47. The Kier molecular flexibility index (Phi) is 5.99. The second-order valence-corrected chi connectivity index (χ2v) is 5.90. The van der Waals surface area contributed by atoms with Crippen molar-refractivity contribution in [3.05, 3.63) is 95.8 Å². The molecule has 0 spiro atoms. The maximum absolute atomic E-state index is 13.6. The van der Waals surface area contributed by atoms with Crippen LogP contribution in [0, 0.1) is 5.82 Å². The first-order valence-electron chi connectivity index (χ1n) is 8.55. The van der Waals surface area contributed by atoms with Gasteiger partial charge in [0.15, 0.2) is 0 Å². The highest BCUT2D eigenvalue weighted by Crippen LogP contribution is 2.17. The average molecular weight is 349 g/mol. The van der Waals surface area contributed by atoms with Gasteiger partial charge in [0.2, 0.25) is 0 Å². The minimum atomic E-state index is -0.539. The molecule has 1 amide bonds. The van der Waals surface area contributed by atoms with E-state index in [1.165, 1.54) is 17.7 Å². The topological polar surface area (TPSA) is 38.3 Å². The van der Waals surface area contributed by atoms with Gasteiger partial charge in [-0.1, -0.05) is 42.5 Å². The van der Waals surface area contributed by atoms with Crippen LogP contribution in [0.25, 0.3) is 0 Å². The molecule has 4 heteroatoms. The molecule has 0 heterocycles. The summed E-state index contributed by atoms with van der Waals surface area (Å²) in [6, 6.07) is 23.2. The molecular weight excluding hydrogens is 329 g/mol. The van der Waals surface area contributed by atoms with Crippen LogP contribution < -0.4 is 10.1 Å². The molecule has 0 bridgehead atoms. The molecule has 0 aliphatic heterocycles. The number of nitrogens with one attached hydrogen (secondary N) is 1. The molecule has 26 heavy (non-hydrogen) atoms. The number of ether oxygens (including phenoxy) is 1. The summed E-state index contributed by atoms with van der Waals surface area (Å²) >= 11 is 0. The van der Waals surface area contributed by atoms with E-state index in [9.17, 15) is 9.18 Å². The van der Waals surface area contributed by atoms with E-state index >= 15 is 0 Å². The quantitative estimate of drug-likeness (QED) is 0.603. The summed E-state index contributed by atoms with van der Waals surface area (Å²) in [5.74, 6) is -0.273. The molecule has 0 saturated carbocycles. The molecule has 0 fully saturated rings. The molecule has 1 N–H and O–H groups in total. The third-order valence-corrected chi connectivity index (χ3v) is 3.95. The summed E-state index contributed by atoms with van der Waals surface area (Å²) < 4.78 is 19.3. The van der Waals surface area contributed by atoms with Gasteiger partial charge in [0.05, 0.1) is 12.2 Å². The molecule has 0 aliphatic rings. The molecular formula is C22H20FNO2. The van der Waals surface area contributed by atoms with Gasteiger partial charge in [-0.15, -0.1) is 0 Å². The maximum Gasteiger partial charge on any atom is 0.258 e. The van der Waals surface area contributed by atoms with Gasteiger partial charge in [-0.25, -0.2) is 4.39 Å². The van der Waals surface area contributed by atoms with Crippen LogP contribution in [-0.4, -0.2) is 12.5 Å². The normalized spacial score (nSPS) is 10.3. The van der Waals surface area contributed by atoms with E-state index in [0.29, 0.717) is 12.3 Å². The van der Waals surface area contributed by atoms with Gasteiger partial charge in [0.1, 0.15) is 11.6 Å². The van der Waals surface area contributed by atoms with Gasteiger partial charge in [0.25, 0.3) is 5.91 Å². The fraction of sp³-hybridized carbons (Fsp3) is 0.136. The van der Waals surface area contributed by atoms with Crippen molar-refractivity contribution < 1.29 is 13.9 Å². The summed E-state index contributed by atoms with van der Waals surface area (Å²) in [7, 11) is 0. The van der Waals surface area contributed by atoms with Crippen LogP contribution in [0.5, 0.6) is 5.75 Å². The van der Waals surface area contributed by atoms with Crippen molar-refractivity contribution >= 4 is 11.6 Å². The minimum absolute atomic E-state index is 0.0220. The number of halogens is 1. The van der Waals surface area contributed by atoms with E-state index in [2.05, 4.69) is 17.4 Å². The van der Waals surface area contributed by atoms with E-state index in [1.807, 2.05) is 18.2 Å². The molecule has 0 radical (unpaired) electrons. The van der Waals surface area contributed by atoms with E-state index in [-0.39, 0.29) is 5.56 Å². The molecule has 3 rings (SSSR count). The Morgan fingerprint density at radius 3 is 2.31 bits per heavy atom. The zero-order valence-corrected chi connectivity index (χ0v) is 14.3. The number of aryl methyl sites for hydroxylation is 1. The Morgan fingerprint density at radius 1 is 0.885 bits per heavy atom. The number of carbonyl (C=O) groups is 1. The fourth-order valence-corrected chi connectivity index (χ4v) is 2.59. The lowest BCUT2D eigenvalue weighted by Crippen LogP contribution is -2.13. The van der Waals surface area contributed by atoms with Crippen LogP contribution in [0.15, 0.2) is 78.9 Å². The lowest BCUT2D eigenvalue weighted by Gasteiger charge is -2.09. The van der Waals surface area contributed by atoms with E-state index in [4.69, 9.17) is 4.74 Å². The standard InChI is InChI=1S/C22H20FNO2/c23-21-11-5-4-10-20(21)22(25)24-18-12-14-19(15-13-18)26-16-6-9-17-7-2-1-3-8-17/h1-5,7-8,10-15H,6,9,16H2,(H,24,25). The first-order valence-corrected chi connectivity index (χ1v) is 8.55. The predicted octanol–water partition coefficient (Wildman–Crippen LogP) is 5.09. The number of hydrogen-bond acceptors (Lipinski definition) is 2. The molecule has 0 aromatic heterocycles. The van der Waals surface area contributed by atoms with Crippen molar-refractivity contribution in [1.29, 1.82) is 0 Å². The number of anilines is 1. The van der Waals surface area contributed by atoms with Gasteiger partial charge >= 0.3 is 0 Å². The van der Waals surface area contributed by atoms with E-state index in [0.717, 1.165) is 18.6 Å². The molecule has 3 nitrogen and oxygen atoms in total. The Hall–Kier alpha value is -3.14. The third-order valence-electron chi connectivity index (χ3n) is 3.95. The second kappa shape index (κ2) is 8.81. The number of carbonyl (C=O) groups excluding carboxylic acids is 1. The second-order valence-electron chi connectivity index (χ2n) is 5.90. The summed E-state index contributed by atoms with van der Waals surface area (Å²) in [4.78, 5) is 12.1. The van der Waals surface area contributed by atoms with Gasteiger partial charge in [-0.2, -0.15) is 0 Å². The predicted molar refractivity (Wildman–Crippen MR) is 101 cm³/mol. The number of hydrogen-bond donors (Lipinski definition) is 1. The highest BCUT2D eigenvalue weighted by Gasteiger charge is 2.10. The largest absolute Gasteiger partial charge is 0.494 e. The van der Waals surface area contributed by atoms with Crippen LogP contribution in [-0.2, 0) is 6.42 Å². The minimum Gasteiger partial charge on any atom is -0.494 e. The molecule has 0 aliphatic carbocycles. The monoisotopic (exact) mass is 349 g/mol. The zero-order valence-electron chi connectivity index (χ0n) is 14.3. The molecule has 132 valence electrons. The van der Waals surface area contributed by atoms with Crippen LogP contribution in [0.4, 0.5) is 10.1 Å². The molecule has 3 aromatic carbocycles. The Labute approximate surface area is 152 Å². The smallest absolute Gasteiger partial charge is 0.258 e. The average Bonchev–Trinajstić information content (AvgIpc) is 2.67. The van der Waals surface area contributed by atoms with Crippen molar-refractivity contribution in [1.82, 2.24) is 0 Å². The summed E-state index contributed by atoms with van der Waals surface area (Å²) in [5, 5.41) is 2.68. The van der Waals surface area contributed by atoms with Crippen molar-refractivity contribution in [2.75, 3.05) is 11.9 Å². The maximum atomic E-state index is 13.6. The zero-order chi connectivity index (χ0) is 18.2. The Morgan fingerprint density at radius 2 is 1.58 bits per heavy atom. The van der Waals surface area contributed by atoms with Crippen molar-refractivity contribution in [2.45, 2.75) is 12.8 Å². The third kappa shape index (κ3) is 4.93. The highest BCUT2D eigenvalue weighted by atomic mass is 19.1. The van der Waals surface area contributed by atoms with E-state index < -0.39 is 11.7 Å². The lowest BCUT2D eigenvalue weighted by atomic mass is 10.1. The van der Waals surface area contributed by atoms with E-state index in [1.54, 1.807) is 36.4 Å². The van der Waals surface area contributed by atoms with Gasteiger partial charge in [-0.3, -0.25) is 4.79 Å². The number of benzene rings is 3. The lowest BCUT2D eigenvalue weighted by molar-refractivity contribution is 0.102. The van der Waals surface area contributed by atoms with Gasteiger partial charge < -0.3 is 10.1 Å². The van der Waals surface area contributed by atoms with Crippen molar-refractivity contribution in [2.24, 2.45) is 0 Å². The summed E-state index contributed by atoms with van der Waals surface area (Å²) in [5.41, 5.74) is 1.91. The van der Waals surface area contributed by atoms with Gasteiger partial charge in [-0.05, 0) is 54.8 Å². The van der Waals surface area contributed by atoms with Crippen LogP contribution in [0.2, 0.25) is 0 Å². The Bertz CT molecular complexity index is 848. The first-order chi connectivity index (χ1) is 12.7. The molecule has 0 atom stereocenters. The molecule has 0 unspecified atom stereocenters. The van der Waals surface area contributed by atoms with Crippen LogP contribution in [0.3, 0.4) is 0 Å². The van der Waals surface area contributed by atoms with Crippen LogP contribution >= 0.6 is 0 Å². The van der Waals surface area contributed by atoms with Gasteiger partial charge in [0, 0.05) is 5.69 Å². The van der Waals surface area contributed by atoms with Crippen LogP contribution in [0.1, 0.15) is 22.3 Å². The first kappa shape index (κ1) is 17.7. The van der Waals surface area contributed by atoms with Crippen molar-refractivity contribution in [3.63, 3.8) is 0 Å². The molecule has 0 saturated heterocycles. The fourth-order valence-electron chi connectivity index (χ4n) is 2.59. The summed E-state index contributed by atoms with van der Waals surface area (Å²) in [6.45, 7) is 0.621. The number of rotatable bonds is 7. The SMILES string of the molecule is O=C(Nc1ccc(OCCCc2ccccc2)cc1)c1ccccc1F. The summed E-state index contributed by atoms with van der Waals surface area (Å²) in [6.07, 6.45) is 1.90. The number of amides is 1. The molecule has 3 aromatic rings. The van der Waals surface area contributed by atoms with Crippen molar-refractivity contribution in [3.8, 4) is 5.75 Å². The highest BCUT2D eigenvalue weighted by molar-refractivity contribution is 6.04.